The molecule has 1 saturated heterocycles. The quantitative estimate of drug-likeness (QED) is 0.842. The standard InChI is InChI=1S/C20H27N3O2/c1-3-25-19-11-5-4-9-16(19)20(24)21-15-18(23-13-6-7-14-23)17-10-8-12-22(17)2/h4-5,8-12,18H,3,6-7,13-15H2,1-2H3,(H,21,24). The molecule has 3 rings (SSSR count). The van der Waals surface area contributed by atoms with Crippen molar-refractivity contribution in [1.29, 1.82) is 0 Å². The normalized spacial score (nSPS) is 15.9. The summed E-state index contributed by atoms with van der Waals surface area (Å²) in [5, 5.41) is 3.12. The first-order valence-electron chi connectivity index (χ1n) is 9.06. The van der Waals surface area contributed by atoms with E-state index in [0.717, 1.165) is 13.1 Å². The van der Waals surface area contributed by atoms with Crippen LogP contribution in [0.4, 0.5) is 0 Å². The predicted molar refractivity (Wildman–Crippen MR) is 98.9 cm³/mol. The minimum atomic E-state index is -0.0811. The highest BCUT2D eigenvalue weighted by Gasteiger charge is 2.26. The zero-order valence-electron chi connectivity index (χ0n) is 15.1. The summed E-state index contributed by atoms with van der Waals surface area (Å²) >= 11 is 0. The average Bonchev–Trinajstić information content (AvgIpc) is 3.28. The third-order valence-corrected chi connectivity index (χ3v) is 4.79. The van der Waals surface area contributed by atoms with Crippen LogP contribution in [0.3, 0.4) is 0 Å². The smallest absolute Gasteiger partial charge is 0.255 e. The lowest BCUT2D eigenvalue weighted by atomic mass is 10.1. The molecule has 2 aromatic rings. The lowest BCUT2D eigenvalue weighted by Gasteiger charge is -2.28. The summed E-state index contributed by atoms with van der Waals surface area (Å²) < 4.78 is 7.72. The van der Waals surface area contributed by atoms with E-state index in [2.05, 4.69) is 40.2 Å². The van der Waals surface area contributed by atoms with Crippen molar-refractivity contribution in [1.82, 2.24) is 14.8 Å². The zero-order valence-corrected chi connectivity index (χ0v) is 15.1. The highest BCUT2D eigenvalue weighted by Crippen LogP contribution is 2.25. The number of nitrogens with zero attached hydrogens (tertiary/aromatic N) is 2. The SMILES string of the molecule is CCOc1ccccc1C(=O)NCC(c1cccn1C)N1CCCC1. The molecule has 2 heterocycles. The molecule has 1 aromatic carbocycles. The van der Waals surface area contributed by atoms with E-state index in [1.54, 1.807) is 0 Å². The fraction of sp³-hybridized carbons (Fsp3) is 0.450. The molecular weight excluding hydrogens is 314 g/mol. The van der Waals surface area contributed by atoms with Gasteiger partial charge in [-0.2, -0.15) is 0 Å². The lowest BCUT2D eigenvalue weighted by Crippen LogP contribution is -2.37. The van der Waals surface area contributed by atoms with Gasteiger partial charge in [0, 0.05) is 25.5 Å². The largest absolute Gasteiger partial charge is 0.493 e. The second kappa shape index (κ2) is 8.21. The van der Waals surface area contributed by atoms with Crippen LogP contribution in [0.5, 0.6) is 5.75 Å². The molecule has 1 amide bonds. The highest BCUT2D eigenvalue weighted by atomic mass is 16.5. The Labute approximate surface area is 149 Å². The molecule has 0 radical (unpaired) electrons. The number of hydrogen-bond acceptors (Lipinski definition) is 3. The van der Waals surface area contributed by atoms with E-state index < -0.39 is 0 Å². The molecule has 0 saturated carbocycles. The van der Waals surface area contributed by atoms with Gasteiger partial charge in [-0.1, -0.05) is 12.1 Å². The highest BCUT2D eigenvalue weighted by molar-refractivity contribution is 5.96. The van der Waals surface area contributed by atoms with Gasteiger partial charge >= 0.3 is 0 Å². The molecule has 1 fully saturated rings. The number of carbonyl (C=O) groups excluding carboxylic acids is 1. The van der Waals surface area contributed by atoms with E-state index in [1.807, 2.05) is 31.2 Å². The summed E-state index contributed by atoms with van der Waals surface area (Å²) in [5.41, 5.74) is 1.83. The van der Waals surface area contributed by atoms with E-state index in [9.17, 15) is 4.79 Å². The Bertz CT molecular complexity index is 704. The maximum Gasteiger partial charge on any atom is 0.255 e. The number of benzene rings is 1. The Morgan fingerprint density at radius 1 is 1.20 bits per heavy atom. The minimum Gasteiger partial charge on any atom is -0.493 e. The van der Waals surface area contributed by atoms with Gasteiger partial charge in [0.05, 0.1) is 18.2 Å². The molecule has 1 aliphatic heterocycles. The van der Waals surface area contributed by atoms with Gasteiger partial charge in [-0.25, -0.2) is 0 Å². The average molecular weight is 341 g/mol. The molecule has 5 heteroatoms. The third-order valence-electron chi connectivity index (χ3n) is 4.79. The minimum absolute atomic E-state index is 0.0811. The first-order valence-corrected chi connectivity index (χ1v) is 9.06. The zero-order chi connectivity index (χ0) is 17.6. The second-order valence-corrected chi connectivity index (χ2v) is 6.44. The number of para-hydroxylation sites is 1. The van der Waals surface area contributed by atoms with Crippen molar-refractivity contribution in [3.8, 4) is 5.75 Å². The number of ether oxygens (including phenoxy) is 1. The monoisotopic (exact) mass is 341 g/mol. The molecular formula is C20H27N3O2. The van der Waals surface area contributed by atoms with Crippen LogP contribution in [-0.2, 0) is 7.05 Å². The van der Waals surface area contributed by atoms with Gasteiger partial charge in [0.1, 0.15) is 5.75 Å². The summed E-state index contributed by atoms with van der Waals surface area (Å²) in [5.74, 6) is 0.557. The van der Waals surface area contributed by atoms with Crippen molar-refractivity contribution in [2.75, 3.05) is 26.2 Å². The Balaban J connectivity index is 1.73. The maximum absolute atomic E-state index is 12.7. The summed E-state index contributed by atoms with van der Waals surface area (Å²) in [6.45, 7) is 5.23. The molecule has 0 aliphatic carbocycles. The van der Waals surface area contributed by atoms with Crippen molar-refractivity contribution in [3.05, 3.63) is 53.9 Å². The maximum atomic E-state index is 12.7. The van der Waals surface area contributed by atoms with Crippen LogP contribution in [0.2, 0.25) is 0 Å². The van der Waals surface area contributed by atoms with Crippen molar-refractivity contribution in [3.63, 3.8) is 0 Å². The molecule has 1 aromatic heterocycles. The van der Waals surface area contributed by atoms with Crippen molar-refractivity contribution in [2.45, 2.75) is 25.8 Å². The van der Waals surface area contributed by atoms with Gasteiger partial charge < -0.3 is 14.6 Å². The molecule has 1 atom stereocenters. The molecule has 0 bridgehead atoms. The topological polar surface area (TPSA) is 46.5 Å². The Kier molecular flexibility index (Phi) is 5.76. The molecule has 25 heavy (non-hydrogen) atoms. The number of amides is 1. The number of aromatic nitrogens is 1. The summed E-state index contributed by atoms with van der Waals surface area (Å²) in [6, 6.07) is 11.8. The molecule has 0 spiro atoms. The molecule has 1 N–H and O–H groups in total. The summed E-state index contributed by atoms with van der Waals surface area (Å²) in [7, 11) is 2.06. The number of aryl methyl sites for hydroxylation is 1. The predicted octanol–water partition coefficient (Wildman–Crippen LogP) is 2.99. The van der Waals surface area contributed by atoms with Crippen LogP contribution in [-0.4, -0.2) is 41.6 Å². The van der Waals surface area contributed by atoms with Crippen LogP contribution in [0.15, 0.2) is 42.6 Å². The van der Waals surface area contributed by atoms with E-state index in [1.165, 1.54) is 18.5 Å². The van der Waals surface area contributed by atoms with Gasteiger partial charge in [-0.3, -0.25) is 9.69 Å². The van der Waals surface area contributed by atoms with Gasteiger partial charge in [0.2, 0.25) is 0 Å². The summed E-state index contributed by atoms with van der Waals surface area (Å²) in [6.07, 6.45) is 4.51. The Morgan fingerprint density at radius 2 is 1.96 bits per heavy atom. The van der Waals surface area contributed by atoms with Crippen LogP contribution < -0.4 is 10.1 Å². The van der Waals surface area contributed by atoms with E-state index in [0.29, 0.717) is 24.5 Å². The number of carbonyl (C=O) groups is 1. The van der Waals surface area contributed by atoms with Gasteiger partial charge in [-0.15, -0.1) is 0 Å². The van der Waals surface area contributed by atoms with E-state index in [4.69, 9.17) is 4.74 Å². The van der Waals surface area contributed by atoms with Gasteiger partial charge in [-0.05, 0) is 57.1 Å². The molecule has 5 nitrogen and oxygen atoms in total. The summed E-state index contributed by atoms with van der Waals surface area (Å²) in [4.78, 5) is 15.2. The van der Waals surface area contributed by atoms with Crippen LogP contribution in [0.1, 0.15) is 41.9 Å². The first-order chi connectivity index (χ1) is 12.2. The van der Waals surface area contributed by atoms with Crippen LogP contribution >= 0.6 is 0 Å². The van der Waals surface area contributed by atoms with E-state index in [-0.39, 0.29) is 11.9 Å². The molecule has 1 unspecified atom stereocenters. The third kappa shape index (κ3) is 4.04. The number of nitrogens with one attached hydrogen (secondary N) is 1. The van der Waals surface area contributed by atoms with Crippen molar-refractivity contribution < 1.29 is 9.53 Å². The number of likely N-dealkylation sites (tertiary alicyclic amines) is 1. The van der Waals surface area contributed by atoms with Crippen LogP contribution in [0.25, 0.3) is 0 Å². The number of hydrogen-bond donors (Lipinski definition) is 1. The first kappa shape index (κ1) is 17.5. The Hall–Kier alpha value is -2.27. The molecule has 134 valence electrons. The van der Waals surface area contributed by atoms with E-state index >= 15 is 0 Å². The van der Waals surface area contributed by atoms with Crippen molar-refractivity contribution >= 4 is 5.91 Å². The van der Waals surface area contributed by atoms with Crippen molar-refractivity contribution in [2.24, 2.45) is 7.05 Å². The van der Waals surface area contributed by atoms with Gasteiger partial charge in [0.15, 0.2) is 0 Å². The number of rotatable bonds is 7. The van der Waals surface area contributed by atoms with Gasteiger partial charge in [0.25, 0.3) is 5.91 Å². The fourth-order valence-electron chi connectivity index (χ4n) is 3.51. The van der Waals surface area contributed by atoms with Crippen LogP contribution in [0, 0.1) is 0 Å². The molecule has 1 aliphatic rings. The second-order valence-electron chi connectivity index (χ2n) is 6.44. The fourth-order valence-corrected chi connectivity index (χ4v) is 3.51. The lowest BCUT2D eigenvalue weighted by molar-refractivity contribution is 0.0933. The Morgan fingerprint density at radius 3 is 2.64 bits per heavy atom.